The highest BCUT2D eigenvalue weighted by atomic mass is 16.2. The molecule has 4 heteroatoms. The predicted octanol–water partition coefficient (Wildman–Crippen LogP) is 1.33. The van der Waals surface area contributed by atoms with E-state index in [9.17, 15) is 9.59 Å². The summed E-state index contributed by atoms with van der Waals surface area (Å²) in [4.78, 5) is 26.6. The van der Waals surface area contributed by atoms with E-state index in [-0.39, 0.29) is 29.7 Å². The lowest BCUT2D eigenvalue weighted by Crippen LogP contribution is -2.47. The van der Waals surface area contributed by atoms with Crippen LogP contribution in [-0.4, -0.2) is 35.8 Å². The zero-order valence-corrected chi connectivity index (χ0v) is 11.5. The van der Waals surface area contributed by atoms with E-state index in [4.69, 9.17) is 0 Å². The number of nitrogens with zero attached hydrogens (tertiary/aromatic N) is 1. The largest absolute Gasteiger partial charge is 0.316 e. The third-order valence-corrected chi connectivity index (χ3v) is 4.97. The van der Waals surface area contributed by atoms with Crippen LogP contribution in [-0.2, 0) is 9.59 Å². The summed E-state index contributed by atoms with van der Waals surface area (Å²) in [5, 5.41) is 3.37. The molecule has 0 aromatic rings. The Morgan fingerprint density at radius 1 is 1.21 bits per heavy atom. The highest BCUT2D eigenvalue weighted by Crippen LogP contribution is 2.37. The summed E-state index contributed by atoms with van der Waals surface area (Å²) in [5.74, 6) is 0.373. The van der Waals surface area contributed by atoms with Crippen molar-refractivity contribution in [1.82, 2.24) is 10.2 Å². The van der Waals surface area contributed by atoms with Crippen LogP contribution in [0.2, 0.25) is 0 Å². The zero-order valence-electron chi connectivity index (χ0n) is 11.5. The second-order valence-corrected chi connectivity index (χ2v) is 6.05. The molecule has 2 fully saturated rings. The number of nitrogens with one attached hydrogen (secondary N) is 1. The molecule has 19 heavy (non-hydrogen) atoms. The third kappa shape index (κ3) is 2.12. The third-order valence-electron chi connectivity index (χ3n) is 4.97. The molecule has 3 rings (SSSR count). The molecule has 2 amide bonds. The van der Waals surface area contributed by atoms with Gasteiger partial charge < -0.3 is 5.32 Å². The maximum atomic E-state index is 12.5. The fraction of sp³-hybridized carbons (Fsp3) is 0.733. The van der Waals surface area contributed by atoms with Crippen LogP contribution in [0.15, 0.2) is 12.2 Å². The number of fused-ring (bicyclic) bond motifs is 1. The molecule has 4 nitrogen and oxygen atoms in total. The van der Waals surface area contributed by atoms with Gasteiger partial charge in [0.2, 0.25) is 11.8 Å². The molecule has 0 radical (unpaired) electrons. The van der Waals surface area contributed by atoms with Crippen LogP contribution in [0.25, 0.3) is 0 Å². The van der Waals surface area contributed by atoms with E-state index < -0.39 is 0 Å². The maximum absolute atomic E-state index is 12.5. The molecule has 0 saturated carbocycles. The number of allylic oxidation sites excluding steroid dienone is 2. The number of hydrogen-bond donors (Lipinski definition) is 1. The minimum atomic E-state index is -0.0866. The molecule has 2 unspecified atom stereocenters. The van der Waals surface area contributed by atoms with E-state index in [1.165, 1.54) is 0 Å². The normalized spacial score (nSPS) is 36.5. The van der Waals surface area contributed by atoms with Crippen LogP contribution in [0.1, 0.15) is 32.6 Å². The summed E-state index contributed by atoms with van der Waals surface area (Å²) < 4.78 is 0. The Morgan fingerprint density at radius 3 is 2.37 bits per heavy atom. The number of amides is 2. The van der Waals surface area contributed by atoms with E-state index in [0.717, 1.165) is 38.8 Å². The van der Waals surface area contributed by atoms with Crippen molar-refractivity contribution >= 4 is 11.8 Å². The summed E-state index contributed by atoms with van der Waals surface area (Å²) in [6, 6.07) is 0.0402. The van der Waals surface area contributed by atoms with Crippen LogP contribution >= 0.6 is 0 Å². The summed E-state index contributed by atoms with van der Waals surface area (Å²) in [6.45, 7) is 4.02. The number of imide groups is 1. The van der Waals surface area contributed by atoms with Gasteiger partial charge in [-0.1, -0.05) is 12.2 Å². The molecule has 0 aromatic heterocycles. The summed E-state index contributed by atoms with van der Waals surface area (Å²) in [5.41, 5.74) is 0. The van der Waals surface area contributed by atoms with Gasteiger partial charge in [-0.3, -0.25) is 14.5 Å². The molecule has 0 aromatic carbocycles. The fourth-order valence-electron chi connectivity index (χ4n) is 3.73. The zero-order chi connectivity index (χ0) is 13.4. The van der Waals surface area contributed by atoms with Crippen molar-refractivity contribution in [3.05, 3.63) is 12.2 Å². The van der Waals surface area contributed by atoms with Gasteiger partial charge in [0.25, 0.3) is 0 Å². The van der Waals surface area contributed by atoms with E-state index in [1.54, 1.807) is 4.90 Å². The molecule has 2 saturated heterocycles. The first-order chi connectivity index (χ1) is 9.20. The Hall–Kier alpha value is -1.16. The highest BCUT2D eigenvalue weighted by molar-refractivity contribution is 6.05. The van der Waals surface area contributed by atoms with Crippen LogP contribution in [0.3, 0.4) is 0 Å². The minimum absolute atomic E-state index is 0.0402. The van der Waals surface area contributed by atoms with Crippen LogP contribution in [0, 0.1) is 17.8 Å². The number of likely N-dealkylation sites (tertiary alicyclic amines) is 1. The van der Waals surface area contributed by atoms with E-state index >= 15 is 0 Å². The molecule has 3 aliphatic rings. The lowest BCUT2D eigenvalue weighted by Gasteiger charge is -2.33. The smallest absolute Gasteiger partial charge is 0.233 e. The van der Waals surface area contributed by atoms with Crippen molar-refractivity contribution in [2.75, 3.05) is 13.1 Å². The van der Waals surface area contributed by atoms with Crippen molar-refractivity contribution in [2.24, 2.45) is 17.8 Å². The fourth-order valence-corrected chi connectivity index (χ4v) is 3.73. The van der Waals surface area contributed by atoms with Gasteiger partial charge in [0, 0.05) is 6.04 Å². The average molecular weight is 262 g/mol. The van der Waals surface area contributed by atoms with E-state index in [0.29, 0.717) is 5.92 Å². The number of piperidine rings is 1. The Balaban J connectivity index is 1.77. The van der Waals surface area contributed by atoms with Gasteiger partial charge in [0.15, 0.2) is 0 Å². The molecular formula is C15H22N2O2. The first kappa shape index (κ1) is 12.9. The van der Waals surface area contributed by atoms with Gasteiger partial charge in [-0.05, 0) is 51.6 Å². The Bertz CT molecular complexity index is 386. The maximum Gasteiger partial charge on any atom is 0.233 e. The first-order valence-electron chi connectivity index (χ1n) is 7.42. The average Bonchev–Trinajstić information content (AvgIpc) is 2.72. The second kappa shape index (κ2) is 5.08. The molecule has 0 bridgehead atoms. The number of rotatable bonds is 2. The lowest BCUT2D eigenvalue weighted by atomic mass is 9.85. The summed E-state index contributed by atoms with van der Waals surface area (Å²) >= 11 is 0. The monoisotopic (exact) mass is 262 g/mol. The predicted molar refractivity (Wildman–Crippen MR) is 72.3 cm³/mol. The van der Waals surface area contributed by atoms with Crippen molar-refractivity contribution in [2.45, 2.75) is 38.6 Å². The molecule has 2 aliphatic heterocycles. The Morgan fingerprint density at radius 2 is 1.84 bits per heavy atom. The SMILES string of the molecule is CC(C1CCCNC1)N1C(=O)[C@H]2CC=CC[C@H]2C1=O. The van der Waals surface area contributed by atoms with Gasteiger partial charge in [-0.25, -0.2) is 0 Å². The van der Waals surface area contributed by atoms with Gasteiger partial charge in [-0.2, -0.15) is 0 Å². The molecule has 0 spiro atoms. The van der Waals surface area contributed by atoms with Gasteiger partial charge in [0.05, 0.1) is 11.8 Å². The topological polar surface area (TPSA) is 49.4 Å². The molecule has 4 atom stereocenters. The second-order valence-electron chi connectivity index (χ2n) is 6.05. The quantitative estimate of drug-likeness (QED) is 0.603. The number of carbonyl (C=O) groups excluding carboxylic acids is 2. The van der Waals surface area contributed by atoms with Gasteiger partial charge >= 0.3 is 0 Å². The molecular weight excluding hydrogens is 240 g/mol. The van der Waals surface area contributed by atoms with Crippen molar-refractivity contribution in [3.8, 4) is 0 Å². The number of hydrogen-bond acceptors (Lipinski definition) is 3. The molecule has 2 heterocycles. The lowest BCUT2D eigenvalue weighted by molar-refractivity contribution is -0.143. The Kier molecular flexibility index (Phi) is 3.44. The first-order valence-corrected chi connectivity index (χ1v) is 7.42. The number of carbonyl (C=O) groups is 2. The van der Waals surface area contributed by atoms with Crippen LogP contribution in [0.4, 0.5) is 0 Å². The van der Waals surface area contributed by atoms with Crippen molar-refractivity contribution in [1.29, 1.82) is 0 Å². The summed E-state index contributed by atoms with van der Waals surface area (Å²) in [7, 11) is 0. The van der Waals surface area contributed by atoms with Crippen molar-refractivity contribution in [3.63, 3.8) is 0 Å². The van der Waals surface area contributed by atoms with Gasteiger partial charge in [0.1, 0.15) is 0 Å². The highest BCUT2D eigenvalue weighted by Gasteiger charge is 2.49. The summed E-state index contributed by atoms with van der Waals surface area (Å²) in [6.07, 6.45) is 7.81. The van der Waals surface area contributed by atoms with E-state index in [2.05, 4.69) is 5.32 Å². The van der Waals surface area contributed by atoms with Gasteiger partial charge in [-0.15, -0.1) is 0 Å². The molecule has 1 aliphatic carbocycles. The van der Waals surface area contributed by atoms with E-state index in [1.807, 2.05) is 19.1 Å². The van der Waals surface area contributed by atoms with Crippen LogP contribution < -0.4 is 5.32 Å². The van der Waals surface area contributed by atoms with Crippen LogP contribution in [0.5, 0.6) is 0 Å². The van der Waals surface area contributed by atoms with Crippen molar-refractivity contribution < 1.29 is 9.59 Å². The Labute approximate surface area is 114 Å². The molecule has 104 valence electrons. The molecule has 1 N–H and O–H groups in total. The standard InChI is InChI=1S/C15H22N2O2/c1-10(11-5-4-8-16-9-11)17-14(18)12-6-2-3-7-13(12)15(17)19/h2-3,10-13,16H,4-9H2,1H3/t10?,11?,12-,13+. The minimum Gasteiger partial charge on any atom is -0.316 e.